The number of nitrogens with one attached hydrogen (secondary N) is 1. The van der Waals surface area contributed by atoms with Crippen molar-refractivity contribution in [3.63, 3.8) is 0 Å². The molecular weight excluding hydrogens is 344 g/mol. The van der Waals surface area contributed by atoms with E-state index in [0.29, 0.717) is 29.0 Å². The largest absolute Gasteiger partial charge is 0.497 e. The van der Waals surface area contributed by atoms with Gasteiger partial charge in [-0.3, -0.25) is 4.79 Å². The van der Waals surface area contributed by atoms with Gasteiger partial charge in [-0.15, -0.1) is 0 Å². The van der Waals surface area contributed by atoms with Crippen LogP contribution in [-0.2, 0) is 6.54 Å². The molecule has 1 N–H and O–H groups in total. The molecule has 8 heteroatoms. The number of amides is 1. The van der Waals surface area contributed by atoms with Crippen LogP contribution in [0.15, 0.2) is 24.3 Å². The zero-order chi connectivity index (χ0) is 19.2. The quantitative estimate of drug-likeness (QED) is 0.831. The van der Waals surface area contributed by atoms with Gasteiger partial charge in [0.15, 0.2) is 5.82 Å². The average Bonchev–Trinajstić information content (AvgIpc) is 2.72. The van der Waals surface area contributed by atoms with Crippen molar-refractivity contribution in [3.05, 3.63) is 35.7 Å². The molecule has 1 aromatic carbocycles. The molecule has 8 nitrogen and oxygen atoms in total. The number of carbonyl (C=O) groups is 1. The molecule has 2 aromatic rings. The summed E-state index contributed by atoms with van der Waals surface area (Å²) in [7, 11) is 5.37. The monoisotopic (exact) mass is 370 g/mol. The van der Waals surface area contributed by atoms with Crippen LogP contribution in [0.2, 0.25) is 0 Å². The first-order valence-electron chi connectivity index (χ1n) is 9.16. The molecule has 1 aliphatic rings. The van der Waals surface area contributed by atoms with Crippen molar-refractivity contribution >= 4 is 17.8 Å². The van der Waals surface area contributed by atoms with E-state index in [1.54, 1.807) is 31.4 Å². The Hall–Kier alpha value is -2.90. The summed E-state index contributed by atoms with van der Waals surface area (Å²) in [5.74, 6) is 2.27. The maximum absolute atomic E-state index is 12.4. The van der Waals surface area contributed by atoms with Crippen LogP contribution >= 0.6 is 0 Å². The molecule has 1 saturated heterocycles. The van der Waals surface area contributed by atoms with E-state index >= 15 is 0 Å². The van der Waals surface area contributed by atoms with Crippen molar-refractivity contribution in [1.29, 1.82) is 0 Å². The Morgan fingerprint density at radius 3 is 2.67 bits per heavy atom. The summed E-state index contributed by atoms with van der Waals surface area (Å²) in [6, 6.07) is 7.04. The van der Waals surface area contributed by atoms with Crippen LogP contribution in [0.4, 0.5) is 11.9 Å². The van der Waals surface area contributed by atoms with Crippen molar-refractivity contribution in [2.24, 2.45) is 0 Å². The molecule has 0 bridgehead atoms. The highest BCUT2D eigenvalue weighted by Gasteiger charge is 2.17. The lowest BCUT2D eigenvalue weighted by Gasteiger charge is -2.27. The zero-order valence-corrected chi connectivity index (χ0v) is 16.1. The number of nitrogens with zero attached hydrogens (tertiary/aromatic N) is 5. The van der Waals surface area contributed by atoms with Crippen LogP contribution in [0, 0.1) is 0 Å². The summed E-state index contributed by atoms with van der Waals surface area (Å²) in [4.78, 5) is 30.1. The first-order valence-corrected chi connectivity index (χ1v) is 9.16. The van der Waals surface area contributed by atoms with Gasteiger partial charge in [0, 0.05) is 32.7 Å². The third-order valence-corrected chi connectivity index (χ3v) is 4.44. The van der Waals surface area contributed by atoms with Crippen LogP contribution in [0.25, 0.3) is 0 Å². The van der Waals surface area contributed by atoms with E-state index in [4.69, 9.17) is 4.74 Å². The van der Waals surface area contributed by atoms with Gasteiger partial charge >= 0.3 is 0 Å². The van der Waals surface area contributed by atoms with Crippen molar-refractivity contribution < 1.29 is 9.53 Å². The summed E-state index contributed by atoms with van der Waals surface area (Å²) >= 11 is 0. The number of aromatic nitrogens is 3. The molecule has 0 radical (unpaired) electrons. The maximum Gasteiger partial charge on any atom is 0.251 e. The highest BCUT2D eigenvalue weighted by atomic mass is 16.5. The van der Waals surface area contributed by atoms with E-state index < -0.39 is 0 Å². The Morgan fingerprint density at radius 2 is 1.96 bits per heavy atom. The minimum atomic E-state index is -0.194. The SMILES string of the molecule is COc1cccc(C(=O)NCc2nc(N(C)C)nc(N3CCCCC3)n2)c1. The minimum absolute atomic E-state index is 0.194. The van der Waals surface area contributed by atoms with E-state index in [1.165, 1.54) is 6.42 Å². The molecule has 144 valence electrons. The fraction of sp³-hybridized carbons (Fsp3) is 0.474. The lowest BCUT2D eigenvalue weighted by Crippen LogP contribution is -2.32. The molecule has 0 atom stereocenters. The Kier molecular flexibility index (Phi) is 6.05. The van der Waals surface area contributed by atoms with Crippen LogP contribution in [-0.4, -0.2) is 55.2 Å². The molecule has 0 spiro atoms. The van der Waals surface area contributed by atoms with E-state index in [2.05, 4.69) is 25.2 Å². The predicted octanol–water partition coefficient (Wildman–Crippen LogP) is 1.87. The number of hydrogen-bond donors (Lipinski definition) is 1. The van der Waals surface area contributed by atoms with Crippen molar-refractivity contribution in [1.82, 2.24) is 20.3 Å². The van der Waals surface area contributed by atoms with Crippen LogP contribution < -0.4 is 19.9 Å². The van der Waals surface area contributed by atoms with Crippen molar-refractivity contribution in [2.75, 3.05) is 44.1 Å². The Balaban J connectivity index is 1.74. The third kappa shape index (κ3) is 4.84. The normalized spacial score (nSPS) is 14.0. The van der Waals surface area contributed by atoms with Gasteiger partial charge in [0.25, 0.3) is 5.91 Å². The zero-order valence-electron chi connectivity index (χ0n) is 16.1. The van der Waals surface area contributed by atoms with E-state index in [1.807, 2.05) is 19.0 Å². The summed E-state index contributed by atoms with van der Waals surface area (Å²) in [5.41, 5.74) is 0.535. The van der Waals surface area contributed by atoms with Crippen molar-refractivity contribution in [3.8, 4) is 5.75 Å². The predicted molar refractivity (Wildman–Crippen MR) is 104 cm³/mol. The molecule has 2 heterocycles. The Morgan fingerprint density at radius 1 is 1.19 bits per heavy atom. The molecule has 3 rings (SSSR count). The van der Waals surface area contributed by atoms with Gasteiger partial charge in [0.2, 0.25) is 11.9 Å². The smallest absolute Gasteiger partial charge is 0.251 e. The topological polar surface area (TPSA) is 83.5 Å². The molecule has 1 fully saturated rings. The highest BCUT2D eigenvalue weighted by molar-refractivity contribution is 5.94. The lowest BCUT2D eigenvalue weighted by molar-refractivity contribution is 0.0949. The van der Waals surface area contributed by atoms with Gasteiger partial charge in [-0.1, -0.05) is 6.07 Å². The minimum Gasteiger partial charge on any atom is -0.497 e. The summed E-state index contributed by atoms with van der Waals surface area (Å²) < 4.78 is 5.17. The molecule has 0 unspecified atom stereocenters. The van der Waals surface area contributed by atoms with E-state index in [0.717, 1.165) is 25.9 Å². The van der Waals surface area contributed by atoms with Crippen LogP contribution in [0.1, 0.15) is 35.4 Å². The Bertz CT molecular complexity index is 790. The number of piperidine rings is 1. The van der Waals surface area contributed by atoms with E-state index in [-0.39, 0.29) is 12.5 Å². The fourth-order valence-corrected chi connectivity index (χ4v) is 2.94. The first-order chi connectivity index (χ1) is 13.1. The number of carbonyl (C=O) groups excluding carboxylic acids is 1. The fourth-order valence-electron chi connectivity index (χ4n) is 2.94. The molecule has 1 aromatic heterocycles. The first kappa shape index (κ1) is 18.9. The number of methoxy groups -OCH3 is 1. The lowest BCUT2D eigenvalue weighted by atomic mass is 10.1. The van der Waals surface area contributed by atoms with Gasteiger partial charge in [-0.05, 0) is 37.5 Å². The average molecular weight is 370 g/mol. The summed E-state index contributed by atoms with van der Waals surface area (Å²) in [6.45, 7) is 2.14. The number of benzene rings is 1. The standard InChI is InChI=1S/C19H26N6O2/c1-24(2)18-21-16(22-19(23-18)25-10-5-4-6-11-25)13-20-17(26)14-8-7-9-15(12-14)27-3/h7-9,12H,4-6,10-11,13H2,1-3H3,(H,20,26). The second-order valence-corrected chi connectivity index (χ2v) is 6.71. The molecule has 1 aliphatic heterocycles. The van der Waals surface area contributed by atoms with Crippen molar-refractivity contribution in [2.45, 2.75) is 25.8 Å². The van der Waals surface area contributed by atoms with Gasteiger partial charge in [-0.25, -0.2) is 0 Å². The van der Waals surface area contributed by atoms with Crippen LogP contribution in [0.5, 0.6) is 5.75 Å². The number of hydrogen-bond acceptors (Lipinski definition) is 7. The van der Waals surface area contributed by atoms with E-state index in [9.17, 15) is 4.79 Å². The molecule has 1 amide bonds. The van der Waals surface area contributed by atoms with Gasteiger partial charge in [0.05, 0.1) is 13.7 Å². The van der Waals surface area contributed by atoms with Crippen LogP contribution in [0.3, 0.4) is 0 Å². The number of ether oxygens (including phenoxy) is 1. The highest BCUT2D eigenvalue weighted by Crippen LogP contribution is 2.18. The van der Waals surface area contributed by atoms with Gasteiger partial charge in [0.1, 0.15) is 5.75 Å². The molecule has 0 saturated carbocycles. The second kappa shape index (κ2) is 8.66. The third-order valence-electron chi connectivity index (χ3n) is 4.44. The van der Waals surface area contributed by atoms with Gasteiger partial charge < -0.3 is 19.9 Å². The number of anilines is 2. The second-order valence-electron chi connectivity index (χ2n) is 6.71. The molecule has 0 aliphatic carbocycles. The summed E-state index contributed by atoms with van der Waals surface area (Å²) in [6.07, 6.45) is 3.53. The van der Waals surface area contributed by atoms with Gasteiger partial charge in [-0.2, -0.15) is 15.0 Å². The number of rotatable bonds is 6. The molecule has 27 heavy (non-hydrogen) atoms. The summed E-state index contributed by atoms with van der Waals surface area (Å²) in [5, 5.41) is 2.88. The maximum atomic E-state index is 12.4. The Labute approximate surface area is 159 Å². The molecular formula is C19H26N6O2.